The first-order valence-corrected chi connectivity index (χ1v) is 7.01. The minimum atomic E-state index is -2.53. The number of aliphatic carboxylic acids is 1. The molecular formula is C14H15F2NO3S. The van der Waals surface area contributed by atoms with E-state index < -0.39 is 23.7 Å². The van der Waals surface area contributed by atoms with Crippen molar-refractivity contribution < 1.29 is 23.5 Å². The molecule has 1 atom stereocenters. The van der Waals surface area contributed by atoms with Gasteiger partial charge in [-0.05, 0) is 37.1 Å². The van der Waals surface area contributed by atoms with E-state index in [1.165, 1.54) is 24.3 Å². The zero-order chi connectivity index (χ0) is 15.8. The predicted molar refractivity (Wildman–Crippen MR) is 76.6 cm³/mol. The van der Waals surface area contributed by atoms with Crippen LogP contribution >= 0.6 is 11.8 Å². The molecular weight excluding hydrogens is 300 g/mol. The third-order valence-electron chi connectivity index (χ3n) is 2.60. The van der Waals surface area contributed by atoms with Crippen LogP contribution in [0.3, 0.4) is 0 Å². The summed E-state index contributed by atoms with van der Waals surface area (Å²) >= 11 is 0.379. The van der Waals surface area contributed by atoms with Gasteiger partial charge >= 0.3 is 5.97 Å². The molecule has 1 aromatic rings. The number of hydrogen-bond donors (Lipinski definition) is 2. The number of carboxylic acids is 1. The number of allylic oxidation sites excluding steroid dienone is 1. The Morgan fingerprint density at radius 1 is 1.33 bits per heavy atom. The summed E-state index contributed by atoms with van der Waals surface area (Å²) in [7, 11) is 0. The summed E-state index contributed by atoms with van der Waals surface area (Å²) in [6.45, 7) is 3.49. The summed E-state index contributed by atoms with van der Waals surface area (Å²) < 4.78 is 24.3. The van der Waals surface area contributed by atoms with E-state index >= 15 is 0 Å². The van der Waals surface area contributed by atoms with E-state index in [1.807, 2.05) is 0 Å². The van der Waals surface area contributed by atoms with E-state index in [0.717, 1.165) is 0 Å². The maximum Gasteiger partial charge on any atom is 0.326 e. The average molecular weight is 315 g/mol. The normalized spacial score (nSPS) is 12.0. The minimum Gasteiger partial charge on any atom is -0.480 e. The summed E-state index contributed by atoms with van der Waals surface area (Å²) in [5.41, 5.74) is 0.221. The van der Waals surface area contributed by atoms with Gasteiger partial charge in [0.1, 0.15) is 6.04 Å². The quantitative estimate of drug-likeness (QED) is 0.571. The number of rotatable bonds is 8. The van der Waals surface area contributed by atoms with Crippen LogP contribution < -0.4 is 5.32 Å². The van der Waals surface area contributed by atoms with Crippen molar-refractivity contribution in [2.75, 3.05) is 0 Å². The molecule has 0 radical (unpaired) electrons. The standard InChI is InChI=1S/C14H15F2NO3S/c1-2-3-4-11(13(19)20)17-12(18)9-5-7-10(8-6-9)21-14(15)16/h2,5-8,11,14H,1,3-4H2,(H,17,18)(H,19,20). The number of alkyl halides is 2. The Hall–Kier alpha value is -1.89. The summed E-state index contributed by atoms with van der Waals surface area (Å²) in [6.07, 6.45) is 2.27. The van der Waals surface area contributed by atoms with E-state index in [2.05, 4.69) is 11.9 Å². The van der Waals surface area contributed by atoms with Crippen LogP contribution in [-0.2, 0) is 4.79 Å². The smallest absolute Gasteiger partial charge is 0.326 e. The van der Waals surface area contributed by atoms with Gasteiger partial charge in [0.25, 0.3) is 11.7 Å². The molecule has 0 bridgehead atoms. The van der Waals surface area contributed by atoms with Crippen molar-refractivity contribution in [1.82, 2.24) is 5.32 Å². The third-order valence-corrected chi connectivity index (χ3v) is 3.33. The van der Waals surface area contributed by atoms with Crippen LogP contribution in [0.15, 0.2) is 41.8 Å². The van der Waals surface area contributed by atoms with Gasteiger partial charge in [-0.15, -0.1) is 6.58 Å². The van der Waals surface area contributed by atoms with Crippen molar-refractivity contribution in [3.8, 4) is 0 Å². The Bertz CT molecular complexity index is 505. The maximum atomic E-state index is 12.2. The van der Waals surface area contributed by atoms with Crippen LogP contribution in [0.4, 0.5) is 8.78 Å². The van der Waals surface area contributed by atoms with Crippen LogP contribution in [0.25, 0.3) is 0 Å². The summed E-state index contributed by atoms with van der Waals surface area (Å²) in [5.74, 6) is -4.21. The Morgan fingerprint density at radius 3 is 2.43 bits per heavy atom. The van der Waals surface area contributed by atoms with E-state index in [1.54, 1.807) is 6.08 Å². The minimum absolute atomic E-state index is 0.221. The fourth-order valence-corrected chi connectivity index (χ4v) is 2.07. The molecule has 1 aromatic carbocycles. The molecule has 0 aliphatic heterocycles. The highest BCUT2D eigenvalue weighted by Crippen LogP contribution is 2.25. The third kappa shape index (κ3) is 5.95. The molecule has 114 valence electrons. The van der Waals surface area contributed by atoms with Gasteiger partial charge < -0.3 is 10.4 Å². The molecule has 0 aromatic heterocycles. The highest BCUT2D eigenvalue weighted by atomic mass is 32.2. The number of carboxylic acid groups (broad SMARTS) is 1. The van der Waals surface area contributed by atoms with Crippen LogP contribution in [0.2, 0.25) is 0 Å². The lowest BCUT2D eigenvalue weighted by molar-refractivity contribution is -0.139. The van der Waals surface area contributed by atoms with Gasteiger partial charge in [0.05, 0.1) is 0 Å². The van der Waals surface area contributed by atoms with Crippen LogP contribution in [0.5, 0.6) is 0 Å². The summed E-state index contributed by atoms with van der Waals surface area (Å²) in [4.78, 5) is 23.2. The number of nitrogens with one attached hydrogen (secondary N) is 1. The highest BCUT2D eigenvalue weighted by molar-refractivity contribution is 7.99. The first-order valence-electron chi connectivity index (χ1n) is 6.13. The number of amides is 1. The molecule has 0 heterocycles. The van der Waals surface area contributed by atoms with Gasteiger partial charge in [0.2, 0.25) is 0 Å². The molecule has 1 amide bonds. The second kappa shape index (κ2) is 8.41. The monoisotopic (exact) mass is 315 g/mol. The van der Waals surface area contributed by atoms with E-state index in [-0.39, 0.29) is 12.0 Å². The zero-order valence-corrected chi connectivity index (χ0v) is 11.9. The molecule has 0 aliphatic carbocycles. The lowest BCUT2D eigenvalue weighted by Gasteiger charge is -2.13. The molecule has 21 heavy (non-hydrogen) atoms. The zero-order valence-electron chi connectivity index (χ0n) is 11.1. The Labute approximate surface area is 125 Å². The Morgan fingerprint density at radius 2 is 1.95 bits per heavy atom. The number of halogens is 2. The lowest BCUT2D eigenvalue weighted by Crippen LogP contribution is -2.40. The maximum absolute atomic E-state index is 12.2. The first kappa shape index (κ1) is 17.2. The van der Waals surface area contributed by atoms with E-state index in [0.29, 0.717) is 23.1 Å². The van der Waals surface area contributed by atoms with Crippen molar-refractivity contribution in [1.29, 1.82) is 0 Å². The second-order valence-corrected chi connectivity index (χ2v) is 5.20. The number of benzene rings is 1. The summed E-state index contributed by atoms with van der Waals surface area (Å²) in [5, 5.41) is 11.4. The Kier molecular flexibility index (Phi) is 6.87. The second-order valence-electron chi connectivity index (χ2n) is 4.13. The molecule has 0 fully saturated rings. The summed E-state index contributed by atoms with van der Waals surface area (Å²) in [6, 6.07) is 4.54. The van der Waals surface area contributed by atoms with Crippen LogP contribution in [0.1, 0.15) is 23.2 Å². The van der Waals surface area contributed by atoms with Crippen molar-refractivity contribution in [2.24, 2.45) is 0 Å². The SMILES string of the molecule is C=CCCC(NC(=O)c1ccc(SC(F)F)cc1)C(=O)O. The Balaban J connectivity index is 2.69. The lowest BCUT2D eigenvalue weighted by atomic mass is 10.1. The fourth-order valence-electron chi connectivity index (χ4n) is 1.57. The molecule has 0 saturated carbocycles. The van der Waals surface area contributed by atoms with Crippen molar-refractivity contribution in [3.63, 3.8) is 0 Å². The van der Waals surface area contributed by atoms with Gasteiger partial charge in [-0.25, -0.2) is 4.79 Å². The van der Waals surface area contributed by atoms with Crippen LogP contribution in [-0.4, -0.2) is 28.8 Å². The average Bonchev–Trinajstić information content (AvgIpc) is 2.43. The highest BCUT2D eigenvalue weighted by Gasteiger charge is 2.19. The van der Waals surface area contributed by atoms with E-state index in [4.69, 9.17) is 5.11 Å². The van der Waals surface area contributed by atoms with Gasteiger partial charge in [0.15, 0.2) is 0 Å². The van der Waals surface area contributed by atoms with Gasteiger partial charge in [-0.3, -0.25) is 4.79 Å². The molecule has 2 N–H and O–H groups in total. The van der Waals surface area contributed by atoms with Crippen molar-refractivity contribution >= 4 is 23.6 Å². The fraction of sp³-hybridized carbons (Fsp3) is 0.286. The number of hydrogen-bond acceptors (Lipinski definition) is 3. The first-order chi connectivity index (χ1) is 9.93. The molecule has 7 heteroatoms. The molecule has 1 unspecified atom stereocenters. The van der Waals surface area contributed by atoms with Gasteiger partial charge in [0, 0.05) is 10.5 Å². The number of thioether (sulfide) groups is 1. The topological polar surface area (TPSA) is 66.4 Å². The largest absolute Gasteiger partial charge is 0.480 e. The van der Waals surface area contributed by atoms with Gasteiger partial charge in [-0.2, -0.15) is 8.78 Å². The molecule has 4 nitrogen and oxygen atoms in total. The number of carbonyl (C=O) groups excluding carboxylic acids is 1. The van der Waals surface area contributed by atoms with Gasteiger partial charge in [-0.1, -0.05) is 17.8 Å². The van der Waals surface area contributed by atoms with Crippen molar-refractivity contribution in [3.05, 3.63) is 42.5 Å². The predicted octanol–water partition coefficient (Wildman–Crippen LogP) is 3.15. The van der Waals surface area contributed by atoms with Crippen LogP contribution in [0, 0.1) is 0 Å². The molecule has 0 saturated heterocycles. The molecule has 1 rings (SSSR count). The van der Waals surface area contributed by atoms with E-state index in [9.17, 15) is 18.4 Å². The number of carbonyl (C=O) groups is 2. The molecule has 0 spiro atoms. The molecule has 0 aliphatic rings. The van der Waals surface area contributed by atoms with Crippen molar-refractivity contribution in [2.45, 2.75) is 29.5 Å².